The summed E-state index contributed by atoms with van der Waals surface area (Å²) in [6.07, 6.45) is 2.43. The van der Waals surface area contributed by atoms with Crippen LogP contribution in [0.2, 0.25) is 10.0 Å². The molecular formula is C18H15Cl2N7. The Bertz CT molecular complexity index is 1110. The normalized spacial score (nSPS) is 11.0. The molecule has 0 saturated carbocycles. The van der Waals surface area contributed by atoms with E-state index in [0.717, 1.165) is 22.0 Å². The van der Waals surface area contributed by atoms with E-state index in [1.807, 2.05) is 30.3 Å². The number of nitrogens with two attached hydrogens (primary N) is 1. The van der Waals surface area contributed by atoms with Crippen LogP contribution in [0, 0.1) is 0 Å². The van der Waals surface area contributed by atoms with Crippen molar-refractivity contribution in [2.24, 2.45) is 0 Å². The van der Waals surface area contributed by atoms with Gasteiger partial charge in [0.1, 0.15) is 0 Å². The highest BCUT2D eigenvalue weighted by atomic mass is 35.5. The van der Waals surface area contributed by atoms with Crippen molar-refractivity contribution in [3.05, 3.63) is 58.2 Å². The van der Waals surface area contributed by atoms with Gasteiger partial charge in [0, 0.05) is 17.5 Å². The molecule has 0 saturated heterocycles. The standard InChI is InChI=1S/C18H15Cl2N7/c19-13-3-1-2-10(15(13)20)6-7-22-18-25-16(24-17(21)26-18)11-4-5-12-9-23-27-14(12)8-11/h1-5,8-9H,6-7H2,(H,23,27)(H3,21,22,24,25,26). The summed E-state index contributed by atoms with van der Waals surface area (Å²) in [5, 5.41) is 12.2. The summed E-state index contributed by atoms with van der Waals surface area (Å²) in [5.74, 6) is 1.04. The molecule has 0 atom stereocenters. The summed E-state index contributed by atoms with van der Waals surface area (Å²) in [5.41, 5.74) is 8.52. The van der Waals surface area contributed by atoms with Gasteiger partial charge in [-0.2, -0.15) is 20.1 Å². The Morgan fingerprint density at radius 3 is 2.85 bits per heavy atom. The Labute approximate surface area is 165 Å². The predicted octanol–water partition coefficient (Wildman–Crippen LogP) is 3.96. The highest BCUT2D eigenvalue weighted by Gasteiger charge is 2.09. The summed E-state index contributed by atoms with van der Waals surface area (Å²) in [6.45, 7) is 0.572. The van der Waals surface area contributed by atoms with Gasteiger partial charge in [0.2, 0.25) is 11.9 Å². The smallest absolute Gasteiger partial charge is 0.228 e. The summed E-state index contributed by atoms with van der Waals surface area (Å²) in [6, 6.07) is 11.4. The van der Waals surface area contributed by atoms with Crippen LogP contribution in [0.4, 0.5) is 11.9 Å². The van der Waals surface area contributed by atoms with E-state index in [2.05, 4.69) is 30.5 Å². The zero-order valence-electron chi connectivity index (χ0n) is 14.1. The molecule has 2 aromatic heterocycles. The zero-order chi connectivity index (χ0) is 18.8. The number of halogens is 2. The molecule has 2 aromatic carbocycles. The number of hydrogen-bond acceptors (Lipinski definition) is 6. The highest BCUT2D eigenvalue weighted by Crippen LogP contribution is 2.26. The minimum absolute atomic E-state index is 0.146. The first-order valence-corrected chi connectivity index (χ1v) is 8.97. The molecule has 0 fully saturated rings. The van der Waals surface area contributed by atoms with Crippen LogP contribution in [0.25, 0.3) is 22.3 Å². The summed E-state index contributed by atoms with van der Waals surface area (Å²) >= 11 is 12.3. The van der Waals surface area contributed by atoms with Gasteiger partial charge >= 0.3 is 0 Å². The summed E-state index contributed by atoms with van der Waals surface area (Å²) < 4.78 is 0. The van der Waals surface area contributed by atoms with Crippen molar-refractivity contribution in [1.29, 1.82) is 0 Å². The van der Waals surface area contributed by atoms with Gasteiger partial charge in [-0.15, -0.1) is 0 Å². The molecule has 0 unspecified atom stereocenters. The van der Waals surface area contributed by atoms with Crippen LogP contribution in [-0.4, -0.2) is 31.7 Å². The van der Waals surface area contributed by atoms with Crippen molar-refractivity contribution in [3.63, 3.8) is 0 Å². The molecule has 4 rings (SSSR count). The van der Waals surface area contributed by atoms with E-state index >= 15 is 0 Å². The third-order valence-electron chi connectivity index (χ3n) is 4.06. The van der Waals surface area contributed by atoms with Gasteiger partial charge in [0.25, 0.3) is 0 Å². The van der Waals surface area contributed by atoms with Crippen LogP contribution in [0.3, 0.4) is 0 Å². The number of rotatable bonds is 5. The number of hydrogen-bond donors (Lipinski definition) is 3. The number of nitrogens with one attached hydrogen (secondary N) is 2. The number of fused-ring (bicyclic) bond motifs is 1. The van der Waals surface area contributed by atoms with Gasteiger partial charge in [-0.1, -0.05) is 47.5 Å². The maximum Gasteiger partial charge on any atom is 0.228 e. The van der Waals surface area contributed by atoms with Gasteiger partial charge in [-0.05, 0) is 24.1 Å². The van der Waals surface area contributed by atoms with Gasteiger partial charge in [-0.3, -0.25) is 5.10 Å². The second-order valence-corrected chi connectivity index (χ2v) is 6.69. The van der Waals surface area contributed by atoms with Crippen LogP contribution in [-0.2, 0) is 6.42 Å². The Morgan fingerprint density at radius 2 is 1.96 bits per heavy atom. The molecule has 0 amide bonds. The third kappa shape index (κ3) is 3.79. The van der Waals surface area contributed by atoms with E-state index in [-0.39, 0.29) is 5.95 Å². The molecular weight excluding hydrogens is 385 g/mol. The largest absolute Gasteiger partial charge is 0.368 e. The Hall–Kier alpha value is -2.90. The average molecular weight is 400 g/mol. The number of aromatic amines is 1. The fourth-order valence-corrected chi connectivity index (χ4v) is 3.14. The van der Waals surface area contributed by atoms with E-state index in [1.165, 1.54) is 0 Å². The molecule has 136 valence electrons. The van der Waals surface area contributed by atoms with Gasteiger partial charge in [0.15, 0.2) is 5.82 Å². The number of H-pyrrole nitrogens is 1. The molecule has 9 heteroatoms. The second kappa shape index (κ2) is 7.38. The van der Waals surface area contributed by atoms with Crippen molar-refractivity contribution in [1.82, 2.24) is 25.1 Å². The van der Waals surface area contributed by atoms with E-state index in [0.29, 0.717) is 34.8 Å². The van der Waals surface area contributed by atoms with Gasteiger partial charge in [-0.25, -0.2) is 0 Å². The molecule has 2 heterocycles. The third-order valence-corrected chi connectivity index (χ3v) is 4.92. The van der Waals surface area contributed by atoms with Crippen molar-refractivity contribution < 1.29 is 0 Å². The monoisotopic (exact) mass is 399 g/mol. The number of nitrogens with zero attached hydrogens (tertiary/aromatic N) is 4. The molecule has 0 radical (unpaired) electrons. The Kier molecular flexibility index (Phi) is 4.79. The molecule has 0 aliphatic heterocycles. The lowest BCUT2D eigenvalue weighted by atomic mass is 10.1. The van der Waals surface area contributed by atoms with E-state index < -0.39 is 0 Å². The molecule has 27 heavy (non-hydrogen) atoms. The molecule has 7 nitrogen and oxygen atoms in total. The lowest BCUT2D eigenvalue weighted by Crippen LogP contribution is -2.11. The van der Waals surface area contributed by atoms with Crippen molar-refractivity contribution in [2.45, 2.75) is 6.42 Å². The number of nitrogen functional groups attached to an aromatic ring is 1. The van der Waals surface area contributed by atoms with Crippen molar-refractivity contribution >= 4 is 46.0 Å². The molecule has 0 spiro atoms. The minimum Gasteiger partial charge on any atom is -0.368 e. The Balaban J connectivity index is 1.52. The summed E-state index contributed by atoms with van der Waals surface area (Å²) in [7, 11) is 0. The van der Waals surface area contributed by atoms with E-state index in [1.54, 1.807) is 12.3 Å². The molecule has 4 aromatic rings. The van der Waals surface area contributed by atoms with E-state index in [4.69, 9.17) is 28.9 Å². The molecule has 4 N–H and O–H groups in total. The number of aromatic nitrogens is 5. The highest BCUT2D eigenvalue weighted by molar-refractivity contribution is 6.42. The topological polar surface area (TPSA) is 105 Å². The van der Waals surface area contributed by atoms with Gasteiger partial charge < -0.3 is 11.1 Å². The Morgan fingerprint density at radius 1 is 1.07 bits per heavy atom. The number of anilines is 2. The van der Waals surface area contributed by atoms with Crippen LogP contribution in [0.15, 0.2) is 42.6 Å². The van der Waals surface area contributed by atoms with E-state index in [9.17, 15) is 0 Å². The minimum atomic E-state index is 0.146. The molecule has 0 aliphatic carbocycles. The average Bonchev–Trinajstić information content (AvgIpc) is 3.12. The molecule has 0 aliphatic rings. The SMILES string of the molecule is Nc1nc(NCCc2cccc(Cl)c2Cl)nc(-c2ccc3cn[nH]c3c2)n1. The zero-order valence-corrected chi connectivity index (χ0v) is 15.6. The fourth-order valence-electron chi connectivity index (χ4n) is 2.73. The first kappa shape index (κ1) is 17.5. The summed E-state index contributed by atoms with van der Waals surface area (Å²) in [4.78, 5) is 12.8. The lowest BCUT2D eigenvalue weighted by Gasteiger charge is -2.09. The fraction of sp³-hybridized carbons (Fsp3) is 0.111. The molecule has 0 bridgehead atoms. The van der Waals surface area contributed by atoms with Crippen LogP contribution in [0.1, 0.15) is 5.56 Å². The van der Waals surface area contributed by atoms with Crippen LogP contribution in [0.5, 0.6) is 0 Å². The van der Waals surface area contributed by atoms with Crippen LogP contribution < -0.4 is 11.1 Å². The first-order chi connectivity index (χ1) is 13.1. The predicted molar refractivity (Wildman–Crippen MR) is 108 cm³/mol. The first-order valence-electron chi connectivity index (χ1n) is 8.22. The second-order valence-electron chi connectivity index (χ2n) is 5.90. The van der Waals surface area contributed by atoms with Crippen LogP contribution >= 0.6 is 23.2 Å². The maximum atomic E-state index is 6.21. The van der Waals surface area contributed by atoms with Crippen molar-refractivity contribution in [2.75, 3.05) is 17.6 Å². The maximum absolute atomic E-state index is 6.21. The van der Waals surface area contributed by atoms with Gasteiger partial charge in [0.05, 0.1) is 21.8 Å². The quantitative estimate of drug-likeness (QED) is 0.468. The number of benzene rings is 2. The van der Waals surface area contributed by atoms with Crippen molar-refractivity contribution in [3.8, 4) is 11.4 Å². The lowest BCUT2D eigenvalue weighted by molar-refractivity contribution is 0.971.